The van der Waals surface area contributed by atoms with E-state index in [0.29, 0.717) is 0 Å². The van der Waals surface area contributed by atoms with Crippen LogP contribution < -0.4 is 15.4 Å². The maximum absolute atomic E-state index is 12.7. The number of hydrogen-bond acceptors (Lipinski definition) is 2. The molecule has 0 radical (unpaired) electrons. The number of benzene rings is 2. The highest BCUT2D eigenvalue weighted by Gasteiger charge is 2.30. The van der Waals surface area contributed by atoms with E-state index in [4.69, 9.17) is 17.0 Å². The Morgan fingerprint density at radius 2 is 1.83 bits per heavy atom. The first-order chi connectivity index (χ1) is 11.3. The molecule has 1 unspecified atom stereocenters. The Hall–Kier alpha value is -2.28. The van der Waals surface area contributed by atoms with Crippen LogP contribution in [-0.2, 0) is 6.18 Å². The second-order valence-corrected chi connectivity index (χ2v) is 5.58. The quantitative estimate of drug-likeness (QED) is 0.776. The highest BCUT2D eigenvalue weighted by molar-refractivity contribution is 7.80. The van der Waals surface area contributed by atoms with Crippen LogP contribution in [0.2, 0.25) is 0 Å². The summed E-state index contributed by atoms with van der Waals surface area (Å²) in [6.07, 6.45) is -4.39. The Balaban J connectivity index is 2.02. The zero-order valence-corrected chi connectivity index (χ0v) is 14.0. The number of halogens is 3. The summed E-state index contributed by atoms with van der Waals surface area (Å²) in [5.41, 5.74) is 0.499. The van der Waals surface area contributed by atoms with E-state index in [1.165, 1.54) is 12.1 Å². The summed E-state index contributed by atoms with van der Waals surface area (Å²) in [7, 11) is 1.58. The van der Waals surface area contributed by atoms with Crippen LogP contribution >= 0.6 is 12.2 Å². The number of alkyl halides is 3. The maximum Gasteiger partial charge on any atom is 0.416 e. The molecule has 0 aliphatic carbocycles. The molecule has 24 heavy (non-hydrogen) atoms. The molecular formula is C17H17F3N2OS. The molecule has 0 bridgehead atoms. The topological polar surface area (TPSA) is 33.3 Å². The van der Waals surface area contributed by atoms with Crippen LogP contribution in [0, 0.1) is 0 Å². The van der Waals surface area contributed by atoms with Crippen molar-refractivity contribution in [2.24, 2.45) is 0 Å². The minimum absolute atomic E-state index is 0.133. The van der Waals surface area contributed by atoms with Gasteiger partial charge in [0.2, 0.25) is 0 Å². The predicted molar refractivity (Wildman–Crippen MR) is 92.2 cm³/mol. The summed E-state index contributed by atoms with van der Waals surface area (Å²) in [6.45, 7) is 1.90. The van der Waals surface area contributed by atoms with Gasteiger partial charge in [0, 0.05) is 5.69 Å². The average molecular weight is 354 g/mol. The van der Waals surface area contributed by atoms with E-state index in [1.54, 1.807) is 7.11 Å². The van der Waals surface area contributed by atoms with Crippen molar-refractivity contribution in [1.82, 2.24) is 5.32 Å². The van der Waals surface area contributed by atoms with Gasteiger partial charge >= 0.3 is 6.18 Å². The molecular weight excluding hydrogens is 337 g/mol. The molecule has 0 fully saturated rings. The Morgan fingerprint density at radius 1 is 1.12 bits per heavy atom. The fourth-order valence-corrected chi connectivity index (χ4v) is 2.43. The van der Waals surface area contributed by atoms with Gasteiger partial charge in [-0.15, -0.1) is 0 Å². The lowest BCUT2D eigenvalue weighted by Crippen LogP contribution is -2.31. The Labute approximate surface area is 143 Å². The van der Waals surface area contributed by atoms with Crippen molar-refractivity contribution in [3.8, 4) is 5.75 Å². The van der Waals surface area contributed by atoms with Crippen LogP contribution in [0.3, 0.4) is 0 Å². The van der Waals surface area contributed by atoms with E-state index >= 15 is 0 Å². The molecule has 0 amide bonds. The molecule has 0 heterocycles. The lowest BCUT2D eigenvalue weighted by atomic mass is 10.1. The molecule has 0 aromatic heterocycles. The van der Waals surface area contributed by atoms with Crippen LogP contribution in [0.4, 0.5) is 18.9 Å². The molecule has 2 aromatic carbocycles. The first kappa shape index (κ1) is 18.1. The largest absolute Gasteiger partial charge is 0.497 e. The molecule has 0 aliphatic rings. The van der Waals surface area contributed by atoms with Crippen LogP contribution in [0.1, 0.15) is 24.1 Å². The van der Waals surface area contributed by atoms with Gasteiger partial charge in [0.15, 0.2) is 5.11 Å². The van der Waals surface area contributed by atoms with Gasteiger partial charge in [0.25, 0.3) is 0 Å². The van der Waals surface area contributed by atoms with Crippen molar-refractivity contribution in [3.05, 3.63) is 59.7 Å². The third kappa shape index (κ3) is 4.86. The first-order valence-electron chi connectivity index (χ1n) is 7.18. The number of ether oxygens (including phenoxy) is 1. The molecule has 1 atom stereocenters. The van der Waals surface area contributed by atoms with Gasteiger partial charge in [-0.25, -0.2) is 0 Å². The number of anilines is 1. The molecule has 3 nitrogen and oxygen atoms in total. The van der Waals surface area contributed by atoms with Crippen molar-refractivity contribution in [2.75, 3.05) is 12.4 Å². The van der Waals surface area contributed by atoms with Crippen molar-refractivity contribution in [2.45, 2.75) is 19.1 Å². The molecule has 2 aromatic rings. The number of nitrogens with one attached hydrogen (secondary N) is 2. The second kappa shape index (κ2) is 7.53. The highest BCUT2D eigenvalue weighted by atomic mass is 32.1. The Kier molecular flexibility index (Phi) is 5.66. The SMILES string of the molecule is COc1cccc(C(C)NC(=S)Nc2cccc(C(F)(F)F)c2)c1. The lowest BCUT2D eigenvalue weighted by Gasteiger charge is -2.18. The van der Waals surface area contributed by atoms with Crippen molar-refractivity contribution < 1.29 is 17.9 Å². The van der Waals surface area contributed by atoms with Crippen LogP contribution in [0.5, 0.6) is 5.75 Å². The van der Waals surface area contributed by atoms with E-state index < -0.39 is 11.7 Å². The normalized spacial score (nSPS) is 12.4. The maximum atomic E-state index is 12.7. The number of rotatable bonds is 4. The van der Waals surface area contributed by atoms with Crippen LogP contribution in [0.15, 0.2) is 48.5 Å². The summed E-state index contributed by atoms with van der Waals surface area (Å²) < 4.78 is 43.3. The average Bonchev–Trinajstić information content (AvgIpc) is 2.54. The van der Waals surface area contributed by atoms with E-state index in [2.05, 4.69) is 10.6 Å². The van der Waals surface area contributed by atoms with E-state index in [0.717, 1.165) is 23.4 Å². The summed E-state index contributed by atoms with van der Waals surface area (Å²) in [4.78, 5) is 0. The number of thiocarbonyl (C=S) groups is 1. The van der Waals surface area contributed by atoms with E-state index in [1.807, 2.05) is 31.2 Å². The molecule has 0 spiro atoms. The minimum atomic E-state index is -4.39. The van der Waals surface area contributed by atoms with E-state index in [9.17, 15) is 13.2 Å². The van der Waals surface area contributed by atoms with Crippen molar-refractivity contribution >= 4 is 23.0 Å². The van der Waals surface area contributed by atoms with Crippen LogP contribution in [0.25, 0.3) is 0 Å². The van der Waals surface area contributed by atoms with Gasteiger partial charge in [-0.2, -0.15) is 13.2 Å². The summed E-state index contributed by atoms with van der Waals surface area (Å²) >= 11 is 5.18. The fraction of sp³-hybridized carbons (Fsp3) is 0.235. The smallest absolute Gasteiger partial charge is 0.416 e. The zero-order chi connectivity index (χ0) is 17.7. The third-order valence-corrected chi connectivity index (χ3v) is 3.61. The Morgan fingerprint density at radius 3 is 2.50 bits per heavy atom. The predicted octanol–water partition coefficient (Wildman–Crippen LogP) is 4.76. The van der Waals surface area contributed by atoms with E-state index in [-0.39, 0.29) is 16.8 Å². The number of hydrogen-bond donors (Lipinski definition) is 2. The van der Waals surface area contributed by atoms with Gasteiger partial charge in [0.05, 0.1) is 18.7 Å². The van der Waals surface area contributed by atoms with Gasteiger partial charge < -0.3 is 15.4 Å². The number of methoxy groups -OCH3 is 1. The lowest BCUT2D eigenvalue weighted by molar-refractivity contribution is -0.137. The van der Waals surface area contributed by atoms with Gasteiger partial charge in [0.1, 0.15) is 5.75 Å². The molecule has 0 saturated heterocycles. The van der Waals surface area contributed by atoms with Crippen molar-refractivity contribution in [3.63, 3.8) is 0 Å². The van der Waals surface area contributed by atoms with Gasteiger partial charge in [-0.1, -0.05) is 18.2 Å². The van der Waals surface area contributed by atoms with Crippen LogP contribution in [-0.4, -0.2) is 12.2 Å². The molecule has 0 aliphatic heterocycles. The monoisotopic (exact) mass is 354 g/mol. The molecule has 2 N–H and O–H groups in total. The molecule has 7 heteroatoms. The summed E-state index contributed by atoms with van der Waals surface area (Å²) in [5.74, 6) is 0.720. The first-order valence-corrected chi connectivity index (χ1v) is 7.59. The highest BCUT2D eigenvalue weighted by Crippen LogP contribution is 2.30. The fourth-order valence-electron chi connectivity index (χ4n) is 2.13. The summed E-state index contributed by atoms with van der Waals surface area (Å²) in [5, 5.41) is 6.05. The van der Waals surface area contributed by atoms with Crippen molar-refractivity contribution in [1.29, 1.82) is 0 Å². The van der Waals surface area contributed by atoms with Gasteiger partial charge in [-0.3, -0.25) is 0 Å². The van der Waals surface area contributed by atoms with Gasteiger partial charge in [-0.05, 0) is 55.0 Å². The minimum Gasteiger partial charge on any atom is -0.497 e. The summed E-state index contributed by atoms with van der Waals surface area (Å²) in [6, 6.07) is 12.2. The Bertz CT molecular complexity index is 719. The standard InChI is InChI=1S/C17H17F3N2OS/c1-11(12-5-3-8-15(9-12)23-2)21-16(24)22-14-7-4-6-13(10-14)17(18,19)20/h3-11H,1-2H3,(H2,21,22,24). The molecule has 0 saturated carbocycles. The third-order valence-electron chi connectivity index (χ3n) is 3.39. The molecule has 2 rings (SSSR count). The second-order valence-electron chi connectivity index (χ2n) is 5.18. The molecule has 128 valence electrons. The zero-order valence-electron chi connectivity index (χ0n) is 13.1.